The fourth-order valence-electron chi connectivity index (χ4n) is 2.08. The van der Waals surface area contributed by atoms with Gasteiger partial charge in [-0.25, -0.2) is 4.57 Å². The summed E-state index contributed by atoms with van der Waals surface area (Å²) < 4.78 is 2.11. The second-order valence-electron chi connectivity index (χ2n) is 4.64. The highest BCUT2D eigenvalue weighted by molar-refractivity contribution is 7.16. The SMILES string of the molecule is C[n+]1ccccc1/C=C/c1ccc(-c2ccccc2)s1.[I-]. The van der Waals surface area contributed by atoms with Crippen molar-refractivity contribution in [2.45, 2.75) is 0 Å². The van der Waals surface area contributed by atoms with Crippen LogP contribution in [0.3, 0.4) is 0 Å². The van der Waals surface area contributed by atoms with Gasteiger partial charge in [0.2, 0.25) is 5.69 Å². The third kappa shape index (κ3) is 4.02. The third-order valence-electron chi connectivity index (χ3n) is 3.20. The van der Waals surface area contributed by atoms with Gasteiger partial charge in [0.25, 0.3) is 0 Å². The van der Waals surface area contributed by atoms with E-state index in [0.29, 0.717) is 0 Å². The maximum absolute atomic E-state index is 2.19. The number of hydrogen-bond acceptors (Lipinski definition) is 1. The number of aryl methyl sites for hydroxylation is 1. The van der Waals surface area contributed by atoms with Gasteiger partial charge in [-0.2, -0.15) is 0 Å². The van der Waals surface area contributed by atoms with E-state index in [9.17, 15) is 0 Å². The lowest BCUT2D eigenvalue weighted by molar-refractivity contribution is -0.673. The molecular formula is C18H16INS. The minimum atomic E-state index is 0. The number of thiophene rings is 1. The number of aromatic nitrogens is 1. The molecule has 21 heavy (non-hydrogen) atoms. The minimum absolute atomic E-state index is 0. The largest absolute Gasteiger partial charge is 1.00 e. The van der Waals surface area contributed by atoms with Gasteiger partial charge in [0, 0.05) is 28.0 Å². The molecule has 0 aliphatic carbocycles. The number of nitrogens with zero attached hydrogens (tertiary/aromatic N) is 1. The molecule has 3 heteroatoms. The smallest absolute Gasteiger partial charge is 0.204 e. The molecule has 2 aromatic heterocycles. The van der Waals surface area contributed by atoms with Gasteiger partial charge in [-0.1, -0.05) is 30.3 Å². The lowest BCUT2D eigenvalue weighted by Gasteiger charge is -1.94. The Labute approximate surface area is 146 Å². The molecule has 0 radical (unpaired) electrons. The highest BCUT2D eigenvalue weighted by Crippen LogP contribution is 2.28. The summed E-state index contributed by atoms with van der Waals surface area (Å²) in [6, 6.07) is 21.1. The molecule has 0 unspecified atom stereocenters. The highest BCUT2D eigenvalue weighted by atomic mass is 127. The fraction of sp³-hybridized carbons (Fsp3) is 0.0556. The molecule has 0 fully saturated rings. The lowest BCUT2D eigenvalue weighted by Crippen LogP contribution is -3.00. The second-order valence-corrected chi connectivity index (χ2v) is 5.75. The fourth-order valence-corrected chi connectivity index (χ4v) is 2.99. The molecule has 1 aromatic carbocycles. The summed E-state index contributed by atoms with van der Waals surface area (Å²) in [7, 11) is 2.06. The van der Waals surface area contributed by atoms with E-state index in [1.54, 1.807) is 0 Å². The van der Waals surface area contributed by atoms with Crippen LogP contribution >= 0.6 is 11.3 Å². The van der Waals surface area contributed by atoms with Crippen molar-refractivity contribution in [2.24, 2.45) is 7.05 Å². The average molecular weight is 405 g/mol. The molecule has 0 aliphatic rings. The van der Waals surface area contributed by atoms with Gasteiger partial charge in [0.1, 0.15) is 7.05 Å². The van der Waals surface area contributed by atoms with Crippen LogP contribution in [-0.4, -0.2) is 0 Å². The monoisotopic (exact) mass is 405 g/mol. The van der Waals surface area contributed by atoms with Crippen LogP contribution in [0.1, 0.15) is 10.6 Å². The van der Waals surface area contributed by atoms with Crippen LogP contribution in [0.4, 0.5) is 0 Å². The molecule has 3 aromatic rings. The van der Waals surface area contributed by atoms with Crippen molar-refractivity contribution in [3.8, 4) is 10.4 Å². The summed E-state index contributed by atoms with van der Waals surface area (Å²) in [4.78, 5) is 2.58. The maximum Gasteiger partial charge on any atom is 0.204 e. The molecule has 0 bridgehead atoms. The van der Waals surface area contributed by atoms with Crippen LogP contribution in [0.2, 0.25) is 0 Å². The number of halogens is 1. The van der Waals surface area contributed by atoms with Crippen molar-refractivity contribution in [1.82, 2.24) is 0 Å². The first-order valence-corrected chi connectivity index (χ1v) is 7.42. The molecule has 106 valence electrons. The molecule has 0 N–H and O–H groups in total. The number of pyridine rings is 1. The van der Waals surface area contributed by atoms with Crippen molar-refractivity contribution in [1.29, 1.82) is 0 Å². The number of rotatable bonds is 3. The second kappa shape index (κ2) is 7.52. The minimum Gasteiger partial charge on any atom is -1.00 e. The number of hydrogen-bond donors (Lipinski definition) is 0. The molecule has 0 spiro atoms. The Kier molecular flexibility index (Phi) is 5.70. The summed E-state index contributed by atoms with van der Waals surface area (Å²) in [6.07, 6.45) is 6.39. The van der Waals surface area contributed by atoms with E-state index in [1.165, 1.54) is 21.0 Å². The molecule has 2 heterocycles. The van der Waals surface area contributed by atoms with Crippen LogP contribution in [0.25, 0.3) is 22.6 Å². The summed E-state index contributed by atoms with van der Waals surface area (Å²) in [5.41, 5.74) is 2.48. The van der Waals surface area contributed by atoms with E-state index in [4.69, 9.17) is 0 Å². The first-order valence-electron chi connectivity index (χ1n) is 6.61. The zero-order chi connectivity index (χ0) is 13.8. The van der Waals surface area contributed by atoms with E-state index >= 15 is 0 Å². The zero-order valence-electron chi connectivity index (χ0n) is 11.7. The molecule has 0 saturated carbocycles. The normalized spacial score (nSPS) is 10.5. The average Bonchev–Trinajstić information content (AvgIpc) is 2.96. The van der Waals surface area contributed by atoms with Crippen LogP contribution in [0.15, 0.2) is 66.9 Å². The Bertz CT molecular complexity index is 732. The maximum atomic E-state index is 2.19. The summed E-state index contributed by atoms with van der Waals surface area (Å²) >= 11 is 1.82. The van der Waals surface area contributed by atoms with Crippen molar-refractivity contribution < 1.29 is 28.5 Å². The van der Waals surface area contributed by atoms with Gasteiger partial charge >= 0.3 is 0 Å². The molecule has 0 aliphatic heterocycles. The first kappa shape index (κ1) is 15.9. The quantitative estimate of drug-likeness (QED) is 0.459. The predicted molar refractivity (Wildman–Crippen MR) is 86.3 cm³/mol. The van der Waals surface area contributed by atoms with E-state index in [0.717, 1.165) is 0 Å². The third-order valence-corrected chi connectivity index (χ3v) is 4.30. The highest BCUT2D eigenvalue weighted by Gasteiger charge is 2.02. The van der Waals surface area contributed by atoms with Gasteiger partial charge in [0.05, 0.1) is 0 Å². The Hall–Kier alpha value is -1.46. The summed E-state index contributed by atoms with van der Waals surface area (Å²) in [6.45, 7) is 0. The predicted octanol–water partition coefficient (Wildman–Crippen LogP) is 1.41. The van der Waals surface area contributed by atoms with Crippen molar-refractivity contribution in [3.63, 3.8) is 0 Å². The lowest BCUT2D eigenvalue weighted by atomic mass is 10.2. The van der Waals surface area contributed by atoms with Crippen molar-refractivity contribution in [3.05, 3.63) is 77.4 Å². The Morgan fingerprint density at radius 1 is 0.857 bits per heavy atom. The van der Waals surface area contributed by atoms with Crippen LogP contribution in [0.5, 0.6) is 0 Å². The van der Waals surface area contributed by atoms with Crippen LogP contribution in [-0.2, 0) is 7.05 Å². The van der Waals surface area contributed by atoms with Gasteiger partial charge in [-0.3, -0.25) is 0 Å². The molecular weight excluding hydrogens is 389 g/mol. The van der Waals surface area contributed by atoms with E-state index < -0.39 is 0 Å². The molecule has 0 atom stereocenters. The molecule has 0 saturated heterocycles. The molecule has 0 amide bonds. The summed E-state index contributed by atoms with van der Waals surface area (Å²) in [5.74, 6) is 0. The topological polar surface area (TPSA) is 3.88 Å². The van der Waals surface area contributed by atoms with E-state index in [-0.39, 0.29) is 24.0 Å². The Balaban J connectivity index is 0.00000161. The van der Waals surface area contributed by atoms with Gasteiger partial charge in [-0.15, -0.1) is 11.3 Å². The van der Waals surface area contributed by atoms with Crippen LogP contribution < -0.4 is 28.5 Å². The molecule has 1 nitrogen and oxygen atoms in total. The van der Waals surface area contributed by atoms with Gasteiger partial charge < -0.3 is 24.0 Å². The Morgan fingerprint density at radius 3 is 2.38 bits per heavy atom. The number of benzene rings is 1. The van der Waals surface area contributed by atoms with Gasteiger partial charge in [-0.05, 0) is 29.8 Å². The van der Waals surface area contributed by atoms with E-state index in [2.05, 4.69) is 78.5 Å². The van der Waals surface area contributed by atoms with Crippen LogP contribution in [0, 0.1) is 0 Å². The standard InChI is InChI=1S/C18H16NS.HI/c1-19-14-6-5-9-16(19)10-11-17-12-13-18(20-17)15-7-3-2-4-8-15;/h2-14H,1H3;1H/q+1;/p-1/b11-10+;. The molecule has 3 rings (SSSR count). The summed E-state index contributed by atoms with van der Waals surface area (Å²) in [5, 5.41) is 0. The zero-order valence-corrected chi connectivity index (χ0v) is 14.7. The first-order chi connectivity index (χ1) is 9.83. The van der Waals surface area contributed by atoms with Crippen molar-refractivity contribution >= 4 is 23.5 Å². The van der Waals surface area contributed by atoms with Gasteiger partial charge in [0.15, 0.2) is 6.20 Å². The van der Waals surface area contributed by atoms with E-state index in [1.807, 2.05) is 23.5 Å². The Morgan fingerprint density at radius 2 is 1.62 bits per heavy atom. The van der Waals surface area contributed by atoms with Crippen molar-refractivity contribution in [2.75, 3.05) is 0 Å².